The Hall–Kier alpha value is -1.67. The molecular formula is C18H27ClN4O3. The van der Waals surface area contributed by atoms with Gasteiger partial charge in [0, 0.05) is 50.5 Å². The topological polar surface area (TPSA) is 73.9 Å². The van der Waals surface area contributed by atoms with Gasteiger partial charge in [-0.3, -0.25) is 19.4 Å². The summed E-state index contributed by atoms with van der Waals surface area (Å²) in [5.74, 6) is -0.0553. The lowest BCUT2D eigenvalue weighted by molar-refractivity contribution is -0.124. The van der Waals surface area contributed by atoms with Gasteiger partial charge in [0.2, 0.25) is 11.8 Å². The average molecular weight is 383 g/mol. The summed E-state index contributed by atoms with van der Waals surface area (Å²) < 4.78 is 4.91. The van der Waals surface area contributed by atoms with Crippen LogP contribution >= 0.6 is 11.6 Å². The minimum atomic E-state index is -0.244. The number of benzene rings is 1. The first-order valence-corrected chi connectivity index (χ1v) is 9.16. The first-order chi connectivity index (χ1) is 12.5. The van der Waals surface area contributed by atoms with Crippen LogP contribution in [-0.4, -0.2) is 80.6 Å². The molecule has 1 aromatic rings. The largest absolute Gasteiger partial charge is 0.383 e. The van der Waals surface area contributed by atoms with E-state index in [1.54, 1.807) is 25.3 Å². The summed E-state index contributed by atoms with van der Waals surface area (Å²) in [6.07, 6.45) is 0. The number of hydrogen-bond acceptors (Lipinski definition) is 5. The molecule has 2 N–H and O–H groups in total. The monoisotopic (exact) mass is 382 g/mol. The van der Waals surface area contributed by atoms with E-state index in [0.717, 1.165) is 26.2 Å². The molecular weight excluding hydrogens is 356 g/mol. The second-order valence-electron chi connectivity index (χ2n) is 6.33. The van der Waals surface area contributed by atoms with Gasteiger partial charge in [0.05, 0.1) is 19.2 Å². The molecule has 0 aromatic heterocycles. The fraction of sp³-hybridized carbons (Fsp3) is 0.556. The smallest absolute Gasteiger partial charge is 0.241 e. The lowest BCUT2D eigenvalue weighted by Crippen LogP contribution is -2.54. The molecule has 1 aliphatic heterocycles. The molecule has 26 heavy (non-hydrogen) atoms. The highest BCUT2D eigenvalue weighted by Crippen LogP contribution is 2.16. The summed E-state index contributed by atoms with van der Waals surface area (Å²) in [6, 6.07) is 6.87. The van der Waals surface area contributed by atoms with Crippen LogP contribution in [0.25, 0.3) is 0 Å². The number of ether oxygens (including phenoxy) is 1. The van der Waals surface area contributed by atoms with Crippen molar-refractivity contribution in [3.8, 4) is 0 Å². The minimum absolute atomic E-state index is 0.00208. The van der Waals surface area contributed by atoms with E-state index >= 15 is 0 Å². The maximum atomic E-state index is 12.4. The number of amides is 2. The highest BCUT2D eigenvalue weighted by Gasteiger charge is 2.26. The second-order valence-corrected chi connectivity index (χ2v) is 6.77. The number of methoxy groups -OCH3 is 1. The van der Waals surface area contributed by atoms with Gasteiger partial charge >= 0.3 is 0 Å². The van der Waals surface area contributed by atoms with Crippen LogP contribution in [0.1, 0.15) is 6.92 Å². The molecule has 144 valence electrons. The predicted molar refractivity (Wildman–Crippen MR) is 102 cm³/mol. The highest BCUT2D eigenvalue weighted by molar-refractivity contribution is 6.30. The number of carbonyl (C=O) groups excluding carboxylic acids is 2. The Bertz CT molecular complexity index is 606. The molecule has 7 nitrogen and oxygen atoms in total. The summed E-state index contributed by atoms with van der Waals surface area (Å²) in [5.41, 5.74) is 0.695. The Labute approximate surface area is 159 Å². The zero-order valence-electron chi connectivity index (χ0n) is 15.3. The van der Waals surface area contributed by atoms with E-state index in [9.17, 15) is 9.59 Å². The van der Waals surface area contributed by atoms with Crippen molar-refractivity contribution in [3.63, 3.8) is 0 Å². The van der Waals surface area contributed by atoms with Crippen LogP contribution in [0, 0.1) is 0 Å². The third-order valence-corrected chi connectivity index (χ3v) is 4.66. The number of anilines is 1. The molecule has 0 spiro atoms. The van der Waals surface area contributed by atoms with E-state index in [-0.39, 0.29) is 17.9 Å². The average Bonchev–Trinajstić information content (AvgIpc) is 2.62. The summed E-state index contributed by atoms with van der Waals surface area (Å²) in [7, 11) is 1.61. The van der Waals surface area contributed by atoms with Crippen LogP contribution in [0.5, 0.6) is 0 Å². The SMILES string of the molecule is COCCNC(=O)CN1CCN(C(C)C(=O)Nc2cccc(Cl)c2)CC1. The number of carbonyl (C=O) groups is 2. The Kier molecular flexibility index (Phi) is 8.31. The molecule has 0 saturated carbocycles. The lowest BCUT2D eigenvalue weighted by atomic mass is 10.2. The van der Waals surface area contributed by atoms with E-state index in [0.29, 0.717) is 30.4 Å². The molecule has 0 radical (unpaired) electrons. The predicted octanol–water partition coefficient (Wildman–Crippen LogP) is 1.05. The fourth-order valence-corrected chi connectivity index (χ4v) is 3.03. The third-order valence-electron chi connectivity index (χ3n) is 4.42. The van der Waals surface area contributed by atoms with E-state index in [4.69, 9.17) is 16.3 Å². The number of nitrogens with one attached hydrogen (secondary N) is 2. The van der Waals surface area contributed by atoms with Gasteiger partial charge < -0.3 is 15.4 Å². The van der Waals surface area contributed by atoms with Gasteiger partial charge in [0.15, 0.2) is 0 Å². The Morgan fingerprint density at radius 1 is 1.27 bits per heavy atom. The van der Waals surface area contributed by atoms with Crippen molar-refractivity contribution in [3.05, 3.63) is 29.3 Å². The molecule has 1 heterocycles. The Balaban J connectivity index is 1.74. The summed E-state index contributed by atoms with van der Waals surface area (Å²) >= 11 is 5.95. The van der Waals surface area contributed by atoms with Gasteiger partial charge in [-0.25, -0.2) is 0 Å². The van der Waals surface area contributed by atoms with E-state index in [1.165, 1.54) is 0 Å². The first-order valence-electron chi connectivity index (χ1n) is 8.78. The van der Waals surface area contributed by atoms with Gasteiger partial charge in [-0.15, -0.1) is 0 Å². The molecule has 1 fully saturated rings. The third kappa shape index (κ3) is 6.57. The summed E-state index contributed by atoms with van der Waals surface area (Å²) in [6.45, 7) is 6.31. The normalized spacial score (nSPS) is 16.9. The maximum absolute atomic E-state index is 12.4. The molecule has 2 amide bonds. The molecule has 1 saturated heterocycles. The van der Waals surface area contributed by atoms with Crippen LogP contribution in [0.15, 0.2) is 24.3 Å². The summed E-state index contributed by atoms with van der Waals surface area (Å²) in [4.78, 5) is 28.5. The molecule has 0 aliphatic carbocycles. The second kappa shape index (κ2) is 10.5. The van der Waals surface area contributed by atoms with Gasteiger partial charge in [-0.1, -0.05) is 17.7 Å². The molecule has 1 atom stereocenters. The minimum Gasteiger partial charge on any atom is -0.383 e. The molecule has 8 heteroatoms. The van der Waals surface area contributed by atoms with Crippen LogP contribution in [0.3, 0.4) is 0 Å². The number of piperazine rings is 1. The number of rotatable bonds is 8. The number of halogens is 1. The lowest BCUT2D eigenvalue weighted by Gasteiger charge is -2.37. The fourth-order valence-electron chi connectivity index (χ4n) is 2.84. The van der Waals surface area contributed by atoms with E-state index in [1.807, 2.05) is 13.0 Å². The van der Waals surface area contributed by atoms with Crippen LogP contribution in [0.4, 0.5) is 5.69 Å². The molecule has 1 aromatic carbocycles. The zero-order chi connectivity index (χ0) is 18.9. The number of nitrogens with zero attached hydrogens (tertiary/aromatic N) is 2. The van der Waals surface area contributed by atoms with Crippen molar-refractivity contribution in [2.45, 2.75) is 13.0 Å². The van der Waals surface area contributed by atoms with E-state index in [2.05, 4.69) is 20.4 Å². The maximum Gasteiger partial charge on any atom is 0.241 e. The zero-order valence-corrected chi connectivity index (χ0v) is 16.1. The van der Waals surface area contributed by atoms with Crippen molar-refractivity contribution in [1.29, 1.82) is 0 Å². The Morgan fingerprint density at radius 2 is 2.00 bits per heavy atom. The van der Waals surface area contributed by atoms with Crippen molar-refractivity contribution in [1.82, 2.24) is 15.1 Å². The first kappa shape index (κ1) is 20.6. The van der Waals surface area contributed by atoms with Crippen LogP contribution < -0.4 is 10.6 Å². The van der Waals surface area contributed by atoms with Crippen molar-refractivity contribution in [2.24, 2.45) is 0 Å². The van der Waals surface area contributed by atoms with Gasteiger partial charge in [0.25, 0.3) is 0 Å². The van der Waals surface area contributed by atoms with Crippen LogP contribution in [-0.2, 0) is 14.3 Å². The van der Waals surface area contributed by atoms with Gasteiger partial charge in [-0.05, 0) is 25.1 Å². The van der Waals surface area contributed by atoms with Crippen molar-refractivity contribution >= 4 is 29.1 Å². The quantitative estimate of drug-likeness (QED) is 0.657. The summed E-state index contributed by atoms with van der Waals surface area (Å²) in [5, 5.41) is 6.31. The Morgan fingerprint density at radius 3 is 2.65 bits per heavy atom. The van der Waals surface area contributed by atoms with Gasteiger partial charge in [0.1, 0.15) is 0 Å². The van der Waals surface area contributed by atoms with Gasteiger partial charge in [-0.2, -0.15) is 0 Å². The van der Waals surface area contributed by atoms with Crippen molar-refractivity contribution in [2.75, 3.05) is 58.3 Å². The van der Waals surface area contributed by atoms with E-state index < -0.39 is 0 Å². The van der Waals surface area contributed by atoms with Crippen LogP contribution in [0.2, 0.25) is 5.02 Å². The molecule has 1 unspecified atom stereocenters. The molecule has 0 bridgehead atoms. The van der Waals surface area contributed by atoms with Crippen molar-refractivity contribution < 1.29 is 14.3 Å². The standard InChI is InChI=1S/C18H27ClN4O3/c1-14(18(25)21-16-5-3-4-15(19)12-16)23-9-7-22(8-10-23)13-17(24)20-6-11-26-2/h3-5,12,14H,6-11,13H2,1-2H3,(H,20,24)(H,21,25). The number of hydrogen-bond donors (Lipinski definition) is 2. The highest BCUT2D eigenvalue weighted by atomic mass is 35.5. The molecule has 1 aliphatic rings. The molecule has 2 rings (SSSR count).